The summed E-state index contributed by atoms with van der Waals surface area (Å²) in [5, 5.41) is 1.13. The molecule has 3 aromatic heterocycles. The van der Waals surface area contributed by atoms with E-state index in [1.54, 1.807) is 0 Å². The number of nitrogens with zero attached hydrogens (tertiary/aromatic N) is 3. The van der Waals surface area contributed by atoms with Crippen LogP contribution >= 0.6 is 0 Å². The van der Waals surface area contributed by atoms with Gasteiger partial charge < -0.3 is 4.98 Å². The molecule has 3 heterocycles. The van der Waals surface area contributed by atoms with E-state index in [0.717, 1.165) is 39.1 Å². The Bertz CT molecular complexity index is 924. The van der Waals surface area contributed by atoms with Gasteiger partial charge in [-0.3, -0.25) is 0 Å². The summed E-state index contributed by atoms with van der Waals surface area (Å²) in [5.74, 6) is 0.754. The predicted molar refractivity (Wildman–Crippen MR) is 79.4 cm³/mol. The van der Waals surface area contributed by atoms with Gasteiger partial charge in [0.25, 0.3) is 0 Å². The highest BCUT2D eigenvalue weighted by Crippen LogP contribution is 2.21. The normalized spacial score (nSPS) is 11.2. The van der Waals surface area contributed by atoms with E-state index in [2.05, 4.69) is 32.1 Å². The van der Waals surface area contributed by atoms with Crippen LogP contribution in [-0.4, -0.2) is 19.9 Å². The van der Waals surface area contributed by atoms with Crippen LogP contribution in [0.3, 0.4) is 0 Å². The molecular weight excluding hydrogens is 248 g/mol. The van der Waals surface area contributed by atoms with E-state index in [4.69, 9.17) is 0 Å². The Hall–Kier alpha value is -2.75. The number of fused-ring (bicyclic) bond motifs is 2. The summed E-state index contributed by atoms with van der Waals surface area (Å²) in [7, 11) is 0. The molecule has 0 unspecified atom stereocenters. The lowest BCUT2D eigenvalue weighted by Crippen LogP contribution is -1.86. The molecule has 0 radical (unpaired) electrons. The number of aryl methyl sites for hydroxylation is 1. The van der Waals surface area contributed by atoms with Crippen molar-refractivity contribution in [2.24, 2.45) is 0 Å². The van der Waals surface area contributed by atoms with Crippen molar-refractivity contribution in [2.75, 3.05) is 0 Å². The molecule has 1 aromatic carbocycles. The van der Waals surface area contributed by atoms with Crippen molar-refractivity contribution in [1.29, 1.82) is 0 Å². The minimum Gasteiger partial charge on any atom is -0.335 e. The lowest BCUT2D eigenvalue weighted by atomic mass is 10.2. The van der Waals surface area contributed by atoms with Crippen molar-refractivity contribution in [1.82, 2.24) is 19.9 Å². The van der Waals surface area contributed by atoms with Crippen LogP contribution in [0.5, 0.6) is 0 Å². The molecule has 4 aromatic rings. The molecule has 96 valence electrons. The first-order chi connectivity index (χ1) is 9.79. The zero-order valence-corrected chi connectivity index (χ0v) is 11.0. The molecule has 0 spiro atoms. The number of H-pyrrole nitrogens is 1. The van der Waals surface area contributed by atoms with Crippen LogP contribution in [0.4, 0.5) is 0 Å². The first-order valence-electron chi connectivity index (χ1n) is 6.48. The number of imidazole rings is 1. The standard InChI is InChI=1S/C16H12N4/c1-10-8-14-15(17-9-10)20-16(19-14)13-7-6-11-4-2-3-5-12(11)18-13/h2-9H,1H3,(H,17,19,20). The summed E-state index contributed by atoms with van der Waals surface area (Å²) in [5.41, 5.74) is 4.57. The molecule has 0 amide bonds. The zero-order chi connectivity index (χ0) is 13.5. The SMILES string of the molecule is Cc1cnc2nc(-c3ccc4ccccc4n3)[nH]c2c1. The monoisotopic (exact) mass is 260 g/mol. The number of aromatic amines is 1. The molecule has 0 aliphatic carbocycles. The number of aromatic nitrogens is 4. The highest BCUT2D eigenvalue weighted by Gasteiger charge is 2.08. The third-order valence-electron chi connectivity index (χ3n) is 3.32. The lowest BCUT2D eigenvalue weighted by molar-refractivity contribution is 1.25. The van der Waals surface area contributed by atoms with Crippen LogP contribution in [0.2, 0.25) is 0 Å². The highest BCUT2D eigenvalue weighted by atomic mass is 15.0. The Morgan fingerprint density at radius 2 is 1.90 bits per heavy atom. The molecule has 4 heteroatoms. The van der Waals surface area contributed by atoms with Gasteiger partial charge in [-0.05, 0) is 30.7 Å². The van der Waals surface area contributed by atoms with Crippen LogP contribution in [0, 0.1) is 6.92 Å². The fourth-order valence-electron chi connectivity index (χ4n) is 2.32. The number of nitrogens with one attached hydrogen (secondary N) is 1. The minimum atomic E-state index is 0.723. The molecular formula is C16H12N4. The van der Waals surface area contributed by atoms with Crippen molar-refractivity contribution in [3.8, 4) is 11.5 Å². The van der Waals surface area contributed by atoms with Gasteiger partial charge in [-0.15, -0.1) is 0 Å². The number of pyridine rings is 2. The minimum absolute atomic E-state index is 0.723. The van der Waals surface area contributed by atoms with Gasteiger partial charge in [0.2, 0.25) is 0 Å². The van der Waals surface area contributed by atoms with E-state index >= 15 is 0 Å². The van der Waals surface area contributed by atoms with Crippen LogP contribution in [-0.2, 0) is 0 Å². The Morgan fingerprint density at radius 3 is 2.85 bits per heavy atom. The average molecular weight is 260 g/mol. The van der Waals surface area contributed by atoms with Crippen molar-refractivity contribution >= 4 is 22.1 Å². The molecule has 4 nitrogen and oxygen atoms in total. The van der Waals surface area contributed by atoms with Crippen molar-refractivity contribution in [2.45, 2.75) is 6.92 Å². The number of hydrogen-bond acceptors (Lipinski definition) is 3. The largest absolute Gasteiger partial charge is 0.335 e. The van der Waals surface area contributed by atoms with Crippen molar-refractivity contribution in [3.05, 3.63) is 54.2 Å². The summed E-state index contributed by atoms with van der Waals surface area (Å²) in [6.07, 6.45) is 1.82. The van der Waals surface area contributed by atoms with Gasteiger partial charge >= 0.3 is 0 Å². The van der Waals surface area contributed by atoms with Gasteiger partial charge in [0.1, 0.15) is 5.69 Å². The first-order valence-corrected chi connectivity index (χ1v) is 6.48. The number of hydrogen-bond donors (Lipinski definition) is 1. The fourth-order valence-corrected chi connectivity index (χ4v) is 2.32. The van der Waals surface area contributed by atoms with Crippen LogP contribution in [0.25, 0.3) is 33.6 Å². The Morgan fingerprint density at radius 1 is 1.00 bits per heavy atom. The van der Waals surface area contributed by atoms with Crippen molar-refractivity contribution < 1.29 is 0 Å². The average Bonchev–Trinajstić information content (AvgIpc) is 2.89. The summed E-state index contributed by atoms with van der Waals surface area (Å²) >= 11 is 0. The number of benzene rings is 1. The maximum Gasteiger partial charge on any atom is 0.178 e. The van der Waals surface area contributed by atoms with Gasteiger partial charge in [0, 0.05) is 11.6 Å². The quantitative estimate of drug-likeness (QED) is 0.570. The highest BCUT2D eigenvalue weighted by molar-refractivity contribution is 5.82. The molecule has 0 bridgehead atoms. The second-order valence-electron chi connectivity index (χ2n) is 4.86. The molecule has 20 heavy (non-hydrogen) atoms. The summed E-state index contributed by atoms with van der Waals surface area (Å²) in [4.78, 5) is 16.7. The zero-order valence-electron chi connectivity index (χ0n) is 11.0. The maximum absolute atomic E-state index is 4.64. The molecule has 0 saturated carbocycles. The van der Waals surface area contributed by atoms with Gasteiger partial charge in [0.05, 0.1) is 11.0 Å². The summed E-state index contributed by atoms with van der Waals surface area (Å²) in [6.45, 7) is 2.02. The molecule has 1 N–H and O–H groups in total. The molecule has 0 aliphatic heterocycles. The van der Waals surface area contributed by atoms with Gasteiger partial charge in [-0.2, -0.15) is 0 Å². The van der Waals surface area contributed by atoms with Gasteiger partial charge in [0.15, 0.2) is 11.5 Å². The Balaban J connectivity index is 1.91. The second-order valence-corrected chi connectivity index (χ2v) is 4.86. The van der Waals surface area contributed by atoms with E-state index in [1.807, 2.05) is 43.5 Å². The third-order valence-corrected chi connectivity index (χ3v) is 3.32. The van der Waals surface area contributed by atoms with E-state index in [-0.39, 0.29) is 0 Å². The van der Waals surface area contributed by atoms with Crippen LogP contribution in [0.15, 0.2) is 48.7 Å². The fraction of sp³-hybridized carbons (Fsp3) is 0.0625. The predicted octanol–water partition coefficient (Wildman–Crippen LogP) is 3.48. The number of para-hydroxylation sites is 1. The first kappa shape index (κ1) is 11.1. The third kappa shape index (κ3) is 1.73. The molecule has 0 saturated heterocycles. The van der Waals surface area contributed by atoms with E-state index < -0.39 is 0 Å². The molecule has 4 rings (SSSR count). The van der Waals surface area contributed by atoms with E-state index in [9.17, 15) is 0 Å². The van der Waals surface area contributed by atoms with Crippen LogP contribution < -0.4 is 0 Å². The van der Waals surface area contributed by atoms with E-state index in [1.165, 1.54) is 0 Å². The molecule has 0 aliphatic rings. The van der Waals surface area contributed by atoms with Crippen LogP contribution in [0.1, 0.15) is 5.56 Å². The summed E-state index contributed by atoms with van der Waals surface area (Å²) < 4.78 is 0. The van der Waals surface area contributed by atoms with Gasteiger partial charge in [-0.1, -0.05) is 24.3 Å². The Kier molecular flexibility index (Phi) is 2.29. The Labute approximate surface area is 115 Å². The van der Waals surface area contributed by atoms with Gasteiger partial charge in [-0.25, -0.2) is 15.0 Å². The maximum atomic E-state index is 4.64. The lowest BCUT2D eigenvalue weighted by Gasteiger charge is -1.99. The number of rotatable bonds is 1. The van der Waals surface area contributed by atoms with E-state index in [0.29, 0.717) is 0 Å². The topological polar surface area (TPSA) is 54.5 Å². The second kappa shape index (κ2) is 4.13. The summed E-state index contributed by atoms with van der Waals surface area (Å²) in [6, 6.07) is 14.1. The van der Waals surface area contributed by atoms with Crippen molar-refractivity contribution in [3.63, 3.8) is 0 Å². The molecule has 0 atom stereocenters. The molecule has 0 fully saturated rings. The smallest absolute Gasteiger partial charge is 0.178 e.